The topological polar surface area (TPSA) is 86.2 Å². The van der Waals surface area contributed by atoms with Gasteiger partial charge in [-0.25, -0.2) is 18.6 Å². The van der Waals surface area contributed by atoms with Gasteiger partial charge in [0.15, 0.2) is 0 Å². The van der Waals surface area contributed by atoms with Crippen LogP contribution in [0.4, 0.5) is 19.4 Å². The van der Waals surface area contributed by atoms with Gasteiger partial charge in [0, 0.05) is 56.3 Å². The van der Waals surface area contributed by atoms with Crippen molar-refractivity contribution in [3.05, 3.63) is 88.6 Å². The predicted octanol–water partition coefficient (Wildman–Crippen LogP) is 5.97. The van der Waals surface area contributed by atoms with Crippen LogP contribution in [-0.2, 0) is 10.4 Å². The number of benzene rings is 2. The number of halogens is 3. The summed E-state index contributed by atoms with van der Waals surface area (Å²) in [6, 6.07) is 13.0. The third-order valence-corrected chi connectivity index (χ3v) is 8.90. The smallest absolute Gasteiger partial charge is 0.410 e. The normalized spacial score (nSPS) is 19.2. The number of carbonyl (C=O) groups is 2. The molecule has 2 aromatic carbocycles. The number of amides is 2. The zero-order valence-electron chi connectivity index (χ0n) is 25.1. The van der Waals surface area contributed by atoms with E-state index in [4.69, 9.17) is 16.3 Å². The highest BCUT2D eigenvalue weighted by Gasteiger charge is 2.43. The van der Waals surface area contributed by atoms with E-state index in [0.717, 1.165) is 11.4 Å². The molecule has 1 unspecified atom stereocenters. The van der Waals surface area contributed by atoms with Gasteiger partial charge in [0.05, 0.1) is 16.7 Å². The van der Waals surface area contributed by atoms with Gasteiger partial charge in [0.25, 0.3) is 0 Å². The lowest BCUT2D eigenvalue weighted by Crippen LogP contribution is -2.47. The maximum atomic E-state index is 14.6. The molecule has 44 heavy (non-hydrogen) atoms. The number of nitrogens with zero attached hydrogens (tertiary/aromatic N) is 4. The van der Waals surface area contributed by atoms with Gasteiger partial charge in [0.1, 0.15) is 23.2 Å². The quantitative estimate of drug-likeness (QED) is 0.348. The number of hydrogen-bond acceptors (Lipinski definition) is 6. The van der Waals surface area contributed by atoms with Crippen LogP contribution < -0.4 is 9.64 Å². The molecule has 2 aliphatic heterocycles. The second-order valence-electron chi connectivity index (χ2n) is 11.9. The largest absolute Gasteiger partial charge is 0.415 e. The fourth-order valence-corrected chi connectivity index (χ4v) is 6.18. The Morgan fingerprint density at radius 2 is 1.77 bits per heavy atom. The number of ether oxygens (including phenoxy) is 1. The lowest BCUT2D eigenvalue weighted by atomic mass is 9.93. The van der Waals surface area contributed by atoms with Gasteiger partial charge in [-0.05, 0) is 81.6 Å². The van der Waals surface area contributed by atoms with E-state index in [1.165, 1.54) is 36.4 Å². The van der Waals surface area contributed by atoms with Crippen molar-refractivity contribution >= 4 is 29.4 Å². The number of anilines is 1. The Balaban J connectivity index is 1.30. The van der Waals surface area contributed by atoms with E-state index in [9.17, 15) is 23.5 Å². The van der Waals surface area contributed by atoms with Crippen LogP contribution in [0.25, 0.3) is 0 Å². The van der Waals surface area contributed by atoms with Crippen LogP contribution in [0.2, 0.25) is 5.02 Å². The third kappa shape index (κ3) is 6.97. The number of rotatable bonds is 7. The summed E-state index contributed by atoms with van der Waals surface area (Å²) >= 11 is 5.96. The van der Waals surface area contributed by atoms with Gasteiger partial charge in [-0.2, -0.15) is 0 Å². The Bertz CT molecular complexity index is 1470. The Morgan fingerprint density at radius 3 is 2.36 bits per heavy atom. The number of carbonyl (C=O) groups excluding carboxylic acids is 2. The van der Waals surface area contributed by atoms with Crippen molar-refractivity contribution in [1.82, 2.24) is 14.8 Å². The summed E-state index contributed by atoms with van der Waals surface area (Å²) in [4.78, 5) is 37.1. The summed E-state index contributed by atoms with van der Waals surface area (Å²) in [7, 11) is 0. The Kier molecular flexibility index (Phi) is 9.41. The number of piperidine rings is 1. The van der Waals surface area contributed by atoms with Crippen LogP contribution in [0.5, 0.6) is 5.75 Å². The summed E-state index contributed by atoms with van der Waals surface area (Å²) in [5.74, 6) is -0.590. The lowest BCUT2D eigenvalue weighted by Gasteiger charge is -2.34. The molecular formula is C33H37ClF2N4O4. The van der Waals surface area contributed by atoms with Crippen molar-refractivity contribution in [3.8, 4) is 5.75 Å². The second-order valence-corrected chi connectivity index (χ2v) is 12.3. The first-order valence-electron chi connectivity index (χ1n) is 14.9. The molecule has 0 bridgehead atoms. The molecule has 0 saturated carbocycles. The third-order valence-electron chi connectivity index (χ3n) is 8.59. The minimum atomic E-state index is -0.973. The number of likely N-dealkylation sites (N-methyl/N-ethyl adjacent to an activating group) is 1. The number of aliphatic hydroxyl groups is 1. The van der Waals surface area contributed by atoms with Crippen LogP contribution in [-0.4, -0.2) is 70.7 Å². The van der Waals surface area contributed by atoms with Gasteiger partial charge in [0.2, 0.25) is 5.91 Å². The molecular weight excluding hydrogens is 590 g/mol. The van der Waals surface area contributed by atoms with Crippen molar-refractivity contribution in [2.45, 2.75) is 51.2 Å². The van der Waals surface area contributed by atoms with Crippen molar-refractivity contribution in [1.29, 1.82) is 0 Å². The van der Waals surface area contributed by atoms with E-state index in [2.05, 4.69) is 9.88 Å². The Morgan fingerprint density at radius 1 is 1.07 bits per heavy atom. The van der Waals surface area contributed by atoms with Crippen LogP contribution in [0.1, 0.15) is 50.7 Å². The Labute approximate surface area is 261 Å². The van der Waals surface area contributed by atoms with Gasteiger partial charge >= 0.3 is 6.09 Å². The fourth-order valence-electron chi connectivity index (χ4n) is 6.06. The molecule has 0 radical (unpaired) electrons. The first kappa shape index (κ1) is 31.7. The molecule has 2 saturated heterocycles. The standard InChI is InChI=1S/C33H37ClF2N4O4/c1-4-40(32(42)44-25-9-7-24(35)8-10-25)29-20-39(19-26(29)22-5-11-27(34)28(36)17-22)31(41)21-13-15-38(16-14-21)30-12-6-23(18-37-30)33(2,3)43/h5-12,17-18,21,26,29,43H,4,13-16,19-20H2,1-3H3/t26-,29?/m0/s1. The molecule has 11 heteroatoms. The molecule has 2 amide bonds. The minimum absolute atomic E-state index is 0.000113. The van der Waals surface area contributed by atoms with E-state index in [-0.39, 0.29) is 41.6 Å². The zero-order valence-corrected chi connectivity index (χ0v) is 25.8. The number of likely N-dealkylation sites (tertiary alicyclic amines) is 1. The molecule has 5 rings (SSSR count). The van der Waals surface area contributed by atoms with Crippen LogP contribution in [0.15, 0.2) is 60.8 Å². The van der Waals surface area contributed by atoms with Gasteiger partial charge in [-0.3, -0.25) is 4.79 Å². The number of pyridine rings is 1. The molecule has 0 spiro atoms. The summed E-state index contributed by atoms with van der Waals surface area (Å²) < 4.78 is 33.5. The number of aromatic nitrogens is 1. The van der Waals surface area contributed by atoms with Crippen LogP contribution in [0, 0.1) is 17.6 Å². The molecule has 2 fully saturated rings. The lowest BCUT2D eigenvalue weighted by molar-refractivity contribution is -0.135. The first-order valence-corrected chi connectivity index (χ1v) is 15.2. The zero-order chi connectivity index (χ0) is 31.6. The predicted molar refractivity (Wildman–Crippen MR) is 164 cm³/mol. The maximum absolute atomic E-state index is 14.6. The monoisotopic (exact) mass is 626 g/mol. The van der Waals surface area contributed by atoms with Crippen molar-refractivity contribution in [2.75, 3.05) is 37.6 Å². The van der Waals surface area contributed by atoms with E-state index in [1.807, 2.05) is 19.1 Å². The molecule has 0 aliphatic carbocycles. The average Bonchev–Trinajstić information content (AvgIpc) is 3.44. The highest BCUT2D eigenvalue weighted by Crippen LogP contribution is 2.35. The summed E-state index contributed by atoms with van der Waals surface area (Å²) in [6.07, 6.45) is 2.32. The highest BCUT2D eigenvalue weighted by atomic mass is 35.5. The second kappa shape index (κ2) is 13.1. The maximum Gasteiger partial charge on any atom is 0.415 e. The summed E-state index contributed by atoms with van der Waals surface area (Å²) in [6.45, 7) is 7.41. The van der Waals surface area contributed by atoms with Crippen LogP contribution in [0.3, 0.4) is 0 Å². The molecule has 2 atom stereocenters. The molecule has 3 heterocycles. The molecule has 8 nitrogen and oxygen atoms in total. The van der Waals surface area contributed by atoms with Gasteiger partial charge in [-0.15, -0.1) is 0 Å². The fraction of sp³-hybridized carbons (Fsp3) is 0.424. The average molecular weight is 627 g/mol. The number of hydrogen-bond donors (Lipinski definition) is 1. The Hall–Kier alpha value is -3.76. The molecule has 1 N–H and O–H groups in total. The first-order chi connectivity index (χ1) is 20.9. The van der Waals surface area contributed by atoms with E-state index < -0.39 is 29.4 Å². The van der Waals surface area contributed by atoms with E-state index >= 15 is 0 Å². The van der Waals surface area contributed by atoms with Crippen molar-refractivity contribution in [2.24, 2.45) is 5.92 Å². The van der Waals surface area contributed by atoms with E-state index in [0.29, 0.717) is 38.0 Å². The SMILES string of the molecule is CCN(C(=O)Oc1ccc(F)cc1)C1CN(C(=O)C2CCN(c3ccc(C(C)(C)O)cn3)CC2)C[C@H]1c1ccc(Cl)c(F)c1. The van der Waals surface area contributed by atoms with Gasteiger partial charge < -0.3 is 24.5 Å². The van der Waals surface area contributed by atoms with Crippen molar-refractivity contribution in [3.63, 3.8) is 0 Å². The molecule has 3 aromatic rings. The van der Waals surface area contributed by atoms with E-state index in [1.54, 1.807) is 35.9 Å². The molecule has 234 valence electrons. The molecule has 2 aliphatic rings. The minimum Gasteiger partial charge on any atom is -0.410 e. The molecule has 1 aromatic heterocycles. The summed E-state index contributed by atoms with van der Waals surface area (Å²) in [5, 5.41) is 10.2. The van der Waals surface area contributed by atoms with Gasteiger partial charge in [-0.1, -0.05) is 23.7 Å². The van der Waals surface area contributed by atoms with Crippen LogP contribution >= 0.6 is 11.6 Å². The summed E-state index contributed by atoms with van der Waals surface area (Å²) in [5.41, 5.74) is 0.391. The highest BCUT2D eigenvalue weighted by molar-refractivity contribution is 6.30. The van der Waals surface area contributed by atoms with Crippen molar-refractivity contribution < 1.29 is 28.2 Å².